The Labute approximate surface area is 127 Å². The fraction of sp³-hybridized carbons (Fsp3) is 0.111. The Bertz CT molecular complexity index is 732. The largest absolute Gasteiger partial charge is 0.381 e. The summed E-state index contributed by atoms with van der Waals surface area (Å²) in [6.07, 6.45) is 0. The highest BCUT2D eigenvalue weighted by atomic mass is 79.9. The van der Waals surface area contributed by atoms with E-state index in [1.54, 1.807) is 0 Å². The van der Waals surface area contributed by atoms with Gasteiger partial charge in [-0.25, -0.2) is 0 Å². The van der Waals surface area contributed by atoms with Crippen LogP contribution in [0.4, 0.5) is 5.69 Å². The van der Waals surface area contributed by atoms with Gasteiger partial charge in [-0.1, -0.05) is 57.9 Å². The molecule has 0 aromatic heterocycles. The Morgan fingerprint density at radius 1 is 0.850 bits per heavy atom. The van der Waals surface area contributed by atoms with Gasteiger partial charge >= 0.3 is 0 Å². The third-order valence-electron chi connectivity index (χ3n) is 3.42. The maximum atomic E-state index is 3.50. The molecule has 0 aliphatic carbocycles. The van der Waals surface area contributed by atoms with Crippen molar-refractivity contribution in [2.75, 3.05) is 5.32 Å². The van der Waals surface area contributed by atoms with Gasteiger partial charge in [-0.15, -0.1) is 0 Å². The van der Waals surface area contributed by atoms with Crippen LogP contribution in [0.3, 0.4) is 0 Å². The molecule has 0 saturated heterocycles. The summed E-state index contributed by atoms with van der Waals surface area (Å²) in [4.78, 5) is 0. The standard InChI is InChI=1S/C18H16BrN/c1-13-2-4-14(5-3-13)12-20-18-9-7-15-10-17(19)8-6-16(15)11-18/h2-11,20H,12H2,1H3. The minimum atomic E-state index is 0.850. The second-order valence-corrected chi connectivity index (χ2v) is 5.96. The lowest BCUT2D eigenvalue weighted by Crippen LogP contribution is -1.99. The van der Waals surface area contributed by atoms with E-state index in [0.717, 1.165) is 16.7 Å². The molecule has 20 heavy (non-hydrogen) atoms. The molecule has 0 aliphatic heterocycles. The SMILES string of the molecule is Cc1ccc(CNc2ccc3cc(Br)ccc3c2)cc1. The van der Waals surface area contributed by atoms with Gasteiger partial charge in [0.25, 0.3) is 0 Å². The van der Waals surface area contributed by atoms with Crippen molar-refractivity contribution in [3.05, 3.63) is 76.3 Å². The van der Waals surface area contributed by atoms with Gasteiger partial charge < -0.3 is 5.32 Å². The number of aryl methyl sites for hydroxylation is 1. The van der Waals surface area contributed by atoms with Crippen LogP contribution in [0.2, 0.25) is 0 Å². The van der Waals surface area contributed by atoms with E-state index in [2.05, 4.69) is 88.8 Å². The predicted molar refractivity (Wildman–Crippen MR) is 90.2 cm³/mol. The molecule has 0 radical (unpaired) electrons. The molecule has 3 aromatic rings. The summed E-state index contributed by atoms with van der Waals surface area (Å²) in [5.41, 5.74) is 3.75. The minimum absolute atomic E-state index is 0.850. The van der Waals surface area contributed by atoms with Crippen LogP contribution in [0, 0.1) is 6.92 Å². The Morgan fingerprint density at radius 2 is 1.55 bits per heavy atom. The van der Waals surface area contributed by atoms with Crippen LogP contribution in [-0.2, 0) is 6.54 Å². The first-order valence-electron chi connectivity index (χ1n) is 6.69. The molecule has 0 saturated carbocycles. The molecule has 1 N–H and O–H groups in total. The molecule has 2 heteroatoms. The number of benzene rings is 3. The molecule has 0 fully saturated rings. The van der Waals surface area contributed by atoms with E-state index in [4.69, 9.17) is 0 Å². The zero-order valence-electron chi connectivity index (χ0n) is 11.4. The van der Waals surface area contributed by atoms with Crippen molar-refractivity contribution < 1.29 is 0 Å². The number of halogens is 1. The van der Waals surface area contributed by atoms with Gasteiger partial charge in [-0.3, -0.25) is 0 Å². The molecule has 0 unspecified atom stereocenters. The van der Waals surface area contributed by atoms with E-state index >= 15 is 0 Å². The van der Waals surface area contributed by atoms with Crippen molar-refractivity contribution in [3.63, 3.8) is 0 Å². The van der Waals surface area contributed by atoms with Gasteiger partial charge in [0.2, 0.25) is 0 Å². The summed E-state index contributed by atoms with van der Waals surface area (Å²) in [6.45, 7) is 2.96. The van der Waals surface area contributed by atoms with Gasteiger partial charge in [0.05, 0.1) is 0 Å². The molecular weight excluding hydrogens is 310 g/mol. The normalized spacial score (nSPS) is 10.7. The Balaban J connectivity index is 1.77. The van der Waals surface area contributed by atoms with Crippen molar-refractivity contribution >= 4 is 32.4 Å². The molecule has 0 atom stereocenters. The van der Waals surface area contributed by atoms with Crippen LogP contribution < -0.4 is 5.32 Å². The molecule has 0 spiro atoms. The van der Waals surface area contributed by atoms with Crippen LogP contribution in [0.25, 0.3) is 10.8 Å². The van der Waals surface area contributed by atoms with E-state index in [0.29, 0.717) is 0 Å². The highest BCUT2D eigenvalue weighted by Crippen LogP contribution is 2.23. The molecule has 0 heterocycles. The van der Waals surface area contributed by atoms with Crippen molar-refractivity contribution in [3.8, 4) is 0 Å². The summed E-state index contributed by atoms with van der Waals surface area (Å²) < 4.78 is 1.12. The molecule has 100 valence electrons. The van der Waals surface area contributed by atoms with Crippen molar-refractivity contribution in [2.24, 2.45) is 0 Å². The second kappa shape index (κ2) is 5.68. The summed E-state index contributed by atoms with van der Waals surface area (Å²) in [6, 6.07) is 21.4. The molecular formula is C18H16BrN. The summed E-state index contributed by atoms with van der Waals surface area (Å²) in [5.74, 6) is 0. The third kappa shape index (κ3) is 3.02. The van der Waals surface area contributed by atoms with Crippen LogP contribution in [0.1, 0.15) is 11.1 Å². The van der Waals surface area contributed by atoms with E-state index in [-0.39, 0.29) is 0 Å². The third-order valence-corrected chi connectivity index (χ3v) is 3.91. The monoisotopic (exact) mass is 325 g/mol. The second-order valence-electron chi connectivity index (χ2n) is 5.05. The van der Waals surface area contributed by atoms with Gasteiger partial charge in [0.15, 0.2) is 0 Å². The lowest BCUT2D eigenvalue weighted by atomic mass is 10.1. The van der Waals surface area contributed by atoms with Crippen molar-refractivity contribution in [1.82, 2.24) is 0 Å². The van der Waals surface area contributed by atoms with Gasteiger partial charge in [0.1, 0.15) is 0 Å². The summed E-state index contributed by atoms with van der Waals surface area (Å²) in [5, 5.41) is 5.98. The summed E-state index contributed by atoms with van der Waals surface area (Å²) in [7, 11) is 0. The average Bonchev–Trinajstić information content (AvgIpc) is 2.46. The maximum absolute atomic E-state index is 3.50. The molecule has 0 aliphatic rings. The minimum Gasteiger partial charge on any atom is -0.381 e. The first-order valence-corrected chi connectivity index (χ1v) is 7.49. The zero-order chi connectivity index (χ0) is 13.9. The van der Waals surface area contributed by atoms with Crippen LogP contribution >= 0.6 is 15.9 Å². The number of anilines is 1. The van der Waals surface area contributed by atoms with Gasteiger partial charge in [-0.2, -0.15) is 0 Å². The predicted octanol–water partition coefficient (Wildman–Crippen LogP) is 5.52. The Morgan fingerprint density at radius 3 is 2.35 bits per heavy atom. The van der Waals surface area contributed by atoms with Crippen molar-refractivity contribution in [1.29, 1.82) is 0 Å². The van der Waals surface area contributed by atoms with E-state index in [1.807, 2.05) is 0 Å². The molecule has 0 bridgehead atoms. The molecule has 3 rings (SSSR count). The number of fused-ring (bicyclic) bond motifs is 1. The highest BCUT2D eigenvalue weighted by molar-refractivity contribution is 9.10. The van der Waals surface area contributed by atoms with Crippen LogP contribution in [0.15, 0.2) is 65.1 Å². The van der Waals surface area contributed by atoms with Crippen LogP contribution in [0.5, 0.6) is 0 Å². The van der Waals surface area contributed by atoms with E-state index in [9.17, 15) is 0 Å². The number of nitrogens with one attached hydrogen (secondary N) is 1. The van der Waals surface area contributed by atoms with Gasteiger partial charge in [-0.05, 0) is 47.5 Å². The first-order chi connectivity index (χ1) is 9.70. The van der Waals surface area contributed by atoms with Gasteiger partial charge in [0, 0.05) is 16.7 Å². The fourth-order valence-corrected chi connectivity index (χ4v) is 2.62. The maximum Gasteiger partial charge on any atom is 0.0400 e. The molecule has 3 aromatic carbocycles. The lowest BCUT2D eigenvalue weighted by molar-refractivity contribution is 1.15. The fourth-order valence-electron chi connectivity index (χ4n) is 2.24. The number of rotatable bonds is 3. The van der Waals surface area contributed by atoms with E-state index < -0.39 is 0 Å². The van der Waals surface area contributed by atoms with Crippen molar-refractivity contribution in [2.45, 2.75) is 13.5 Å². The summed E-state index contributed by atoms with van der Waals surface area (Å²) >= 11 is 3.50. The molecule has 1 nitrogen and oxygen atoms in total. The highest BCUT2D eigenvalue weighted by Gasteiger charge is 1.98. The van der Waals surface area contributed by atoms with E-state index in [1.165, 1.54) is 21.9 Å². The number of hydrogen-bond donors (Lipinski definition) is 1. The quantitative estimate of drug-likeness (QED) is 0.668. The zero-order valence-corrected chi connectivity index (χ0v) is 12.9. The first kappa shape index (κ1) is 13.2. The number of hydrogen-bond acceptors (Lipinski definition) is 1. The van der Waals surface area contributed by atoms with Crippen LogP contribution in [-0.4, -0.2) is 0 Å². The smallest absolute Gasteiger partial charge is 0.0400 e. The molecule has 0 amide bonds. The Kier molecular flexibility index (Phi) is 3.75. The average molecular weight is 326 g/mol. The lowest BCUT2D eigenvalue weighted by Gasteiger charge is -2.08. The topological polar surface area (TPSA) is 12.0 Å². The Hall–Kier alpha value is -1.80.